The molecule has 0 spiro atoms. The molecule has 0 unspecified atom stereocenters. The normalized spacial score (nSPS) is 11.4. The summed E-state index contributed by atoms with van der Waals surface area (Å²) in [6.07, 6.45) is 3.35. The summed E-state index contributed by atoms with van der Waals surface area (Å²) >= 11 is 0. The Morgan fingerprint density at radius 3 is 2.68 bits per heavy atom. The van der Waals surface area contributed by atoms with E-state index in [0.717, 1.165) is 10.8 Å². The maximum atomic E-state index is 11.8. The van der Waals surface area contributed by atoms with Crippen LogP contribution in [0.15, 0.2) is 65.7 Å². The molecule has 3 heteroatoms. The van der Waals surface area contributed by atoms with Crippen LogP contribution in [0.3, 0.4) is 0 Å². The van der Waals surface area contributed by atoms with Crippen LogP contribution in [-0.4, -0.2) is 9.38 Å². The second-order valence-corrected chi connectivity index (χ2v) is 4.54. The van der Waals surface area contributed by atoms with E-state index in [2.05, 4.69) is 23.2 Å². The molecule has 0 fully saturated rings. The fraction of sp³-hybridized carbons (Fsp3) is 0. The van der Waals surface area contributed by atoms with Gasteiger partial charge in [-0.1, -0.05) is 30.3 Å². The molecule has 0 aliphatic carbocycles. The summed E-state index contributed by atoms with van der Waals surface area (Å²) in [6.45, 7) is 0. The van der Waals surface area contributed by atoms with Crippen LogP contribution in [0.25, 0.3) is 27.2 Å². The molecule has 2 aromatic carbocycles. The molecule has 0 aliphatic rings. The van der Waals surface area contributed by atoms with E-state index in [9.17, 15) is 4.79 Å². The van der Waals surface area contributed by atoms with Gasteiger partial charge < -0.3 is 0 Å². The number of benzene rings is 2. The Morgan fingerprint density at radius 2 is 1.74 bits per heavy atom. The molecule has 3 nitrogen and oxygen atoms in total. The standard InChI is InChI=1S/C16H10N2O/c19-15-7-9-17-16-14-6-5-11-3-1-2-4-12(11)13(14)8-10-18(15)16/h1-10H. The highest BCUT2D eigenvalue weighted by Crippen LogP contribution is 2.26. The van der Waals surface area contributed by atoms with Crippen LogP contribution in [0.4, 0.5) is 0 Å². The van der Waals surface area contributed by atoms with Crippen LogP contribution < -0.4 is 5.56 Å². The highest BCUT2D eigenvalue weighted by molar-refractivity contribution is 6.11. The van der Waals surface area contributed by atoms with Gasteiger partial charge in [-0.2, -0.15) is 0 Å². The first kappa shape index (κ1) is 10.3. The van der Waals surface area contributed by atoms with E-state index < -0.39 is 0 Å². The van der Waals surface area contributed by atoms with Crippen LogP contribution >= 0.6 is 0 Å². The van der Waals surface area contributed by atoms with Gasteiger partial charge in [0.15, 0.2) is 0 Å². The highest BCUT2D eigenvalue weighted by Gasteiger charge is 2.05. The van der Waals surface area contributed by atoms with Gasteiger partial charge in [-0.25, -0.2) is 4.98 Å². The molecule has 0 N–H and O–H groups in total. The van der Waals surface area contributed by atoms with E-state index in [1.807, 2.05) is 24.3 Å². The zero-order valence-electron chi connectivity index (χ0n) is 10.1. The minimum Gasteiger partial charge on any atom is -0.269 e. The molecule has 0 atom stereocenters. The van der Waals surface area contributed by atoms with Crippen molar-refractivity contribution in [1.29, 1.82) is 0 Å². The SMILES string of the molecule is O=c1ccnc2c3ccc4ccccc4c3ccn12. The fourth-order valence-electron chi connectivity index (χ4n) is 2.58. The number of fused-ring (bicyclic) bond motifs is 5. The van der Waals surface area contributed by atoms with Crippen LogP contribution in [0.5, 0.6) is 0 Å². The third-order valence-corrected chi connectivity index (χ3v) is 3.48. The van der Waals surface area contributed by atoms with Gasteiger partial charge in [-0.15, -0.1) is 0 Å². The first-order chi connectivity index (χ1) is 9.34. The molecule has 0 amide bonds. The zero-order chi connectivity index (χ0) is 12.8. The van der Waals surface area contributed by atoms with Crippen LogP contribution in [0, 0.1) is 0 Å². The largest absolute Gasteiger partial charge is 0.269 e. The lowest BCUT2D eigenvalue weighted by Gasteiger charge is -2.07. The molecular formula is C16H10N2O. The molecule has 4 rings (SSSR count). The molecular weight excluding hydrogens is 236 g/mol. The number of pyridine rings is 1. The van der Waals surface area contributed by atoms with Gasteiger partial charge in [0.25, 0.3) is 5.56 Å². The molecule has 0 aliphatic heterocycles. The van der Waals surface area contributed by atoms with Gasteiger partial charge in [0.05, 0.1) is 0 Å². The smallest absolute Gasteiger partial charge is 0.257 e. The maximum absolute atomic E-state index is 11.8. The van der Waals surface area contributed by atoms with E-state index >= 15 is 0 Å². The van der Waals surface area contributed by atoms with E-state index in [1.54, 1.807) is 16.8 Å². The summed E-state index contributed by atoms with van der Waals surface area (Å²) in [4.78, 5) is 16.1. The summed E-state index contributed by atoms with van der Waals surface area (Å²) in [5.74, 6) is 0. The molecule has 90 valence electrons. The van der Waals surface area contributed by atoms with Crippen molar-refractivity contribution in [3.05, 3.63) is 71.3 Å². The highest BCUT2D eigenvalue weighted by atomic mass is 16.1. The van der Waals surface area contributed by atoms with Crippen molar-refractivity contribution in [1.82, 2.24) is 9.38 Å². The van der Waals surface area contributed by atoms with Crippen molar-refractivity contribution < 1.29 is 0 Å². The van der Waals surface area contributed by atoms with E-state index in [1.165, 1.54) is 16.8 Å². The minimum absolute atomic E-state index is 0.0555. The Balaban J connectivity index is 2.33. The molecule has 2 aromatic heterocycles. The lowest BCUT2D eigenvalue weighted by Crippen LogP contribution is -2.12. The maximum Gasteiger partial charge on any atom is 0.257 e. The third kappa shape index (κ3) is 1.38. The quantitative estimate of drug-likeness (QED) is 0.447. The molecule has 2 heterocycles. The number of hydrogen-bond donors (Lipinski definition) is 0. The lowest BCUT2D eigenvalue weighted by atomic mass is 10.0. The Kier molecular flexibility index (Phi) is 1.97. The Labute approximate surface area is 108 Å². The molecule has 0 saturated carbocycles. The van der Waals surface area contributed by atoms with Crippen molar-refractivity contribution >= 4 is 27.2 Å². The van der Waals surface area contributed by atoms with Gasteiger partial charge in [-0.3, -0.25) is 9.20 Å². The molecule has 0 radical (unpaired) electrons. The topological polar surface area (TPSA) is 34.4 Å². The van der Waals surface area contributed by atoms with Crippen molar-refractivity contribution in [3.8, 4) is 0 Å². The predicted octanol–water partition coefficient (Wildman–Crippen LogP) is 3.00. The second-order valence-electron chi connectivity index (χ2n) is 4.54. The number of nitrogens with zero attached hydrogens (tertiary/aromatic N) is 2. The molecule has 4 aromatic rings. The summed E-state index contributed by atoms with van der Waals surface area (Å²) < 4.78 is 1.58. The Bertz CT molecular complexity index is 986. The first-order valence-electron chi connectivity index (χ1n) is 6.12. The predicted molar refractivity (Wildman–Crippen MR) is 76.5 cm³/mol. The molecule has 0 saturated heterocycles. The summed E-state index contributed by atoms with van der Waals surface area (Å²) in [5, 5.41) is 4.49. The van der Waals surface area contributed by atoms with E-state index in [4.69, 9.17) is 0 Å². The van der Waals surface area contributed by atoms with E-state index in [-0.39, 0.29) is 5.56 Å². The zero-order valence-corrected chi connectivity index (χ0v) is 10.1. The number of hydrogen-bond acceptors (Lipinski definition) is 2. The summed E-state index contributed by atoms with van der Waals surface area (Å²) in [7, 11) is 0. The summed E-state index contributed by atoms with van der Waals surface area (Å²) in [6, 6.07) is 15.8. The first-order valence-corrected chi connectivity index (χ1v) is 6.12. The van der Waals surface area contributed by atoms with Gasteiger partial charge in [0.2, 0.25) is 0 Å². The molecule has 0 bridgehead atoms. The average Bonchev–Trinajstić information content (AvgIpc) is 2.47. The third-order valence-electron chi connectivity index (χ3n) is 3.48. The molecule has 19 heavy (non-hydrogen) atoms. The van der Waals surface area contributed by atoms with Crippen molar-refractivity contribution in [2.75, 3.05) is 0 Å². The van der Waals surface area contributed by atoms with Gasteiger partial charge in [-0.05, 0) is 28.3 Å². The fourth-order valence-corrected chi connectivity index (χ4v) is 2.58. The average molecular weight is 246 g/mol. The van der Waals surface area contributed by atoms with Crippen molar-refractivity contribution in [2.45, 2.75) is 0 Å². The minimum atomic E-state index is -0.0555. The van der Waals surface area contributed by atoms with Gasteiger partial charge in [0, 0.05) is 23.8 Å². The second kappa shape index (κ2) is 3.65. The van der Waals surface area contributed by atoms with Crippen LogP contribution in [0.2, 0.25) is 0 Å². The number of rotatable bonds is 0. The van der Waals surface area contributed by atoms with Crippen molar-refractivity contribution in [3.63, 3.8) is 0 Å². The number of aromatic nitrogens is 2. The van der Waals surface area contributed by atoms with Gasteiger partial charge in [0.1, 0.15) is 5.65 Å². The lowest BCUT2D eigenvalue weighted by molar-refractivity contribution is 1.06. The van der Waals surface area contributed by atoms with Crippen molar-refractivity contribution in [2.24, 2.45) is 0 Å². The summed E-state index contributed by atoms with van der Waals surface area (Å²) in [5.41, 5.74) is 0.649. The van der Waals surface area contributed by atoms with Crippen LogP contribution in [-0.2, 0) is 0 Å². The van der Waals surface area contributed by atoms with Crippen LogP contribution in [0.1, 0.15) is 0 Å². The van der Waals surface area contributed by atoms with Gasteiger partial charge >= 0.3 is 0 Å². The Morgan fingerprint density at radius 1 is 0.842 bits per heavy atom. The Hall–Kier alpha value is -2.68. The van der Waals surface area contributed by atoms with E-state index in [0.29, 0.717) is 5.65 Å². The monoisotopic (exact) mass is 246 g/mol.